The van der Waals surface area contributed by atoms with Crippen LogP contribution in [0, 0.1) is 6.92 Å². The average molecular weight is 286 g/mol. The van der Waals surface area contributed by atoms with Gasteiger partial charge in [0.05, 0.1) is 17.4 Å². The average Bonchev–Trinajstić information content (AvgIpc) is 2.42. The number of carboxylic acid groups (broad SMARTS) is 1. The number of nitrogens with two attached hydrogens (primary N) is 1. The smallest absolute Gasteiger partial charge is 0.337 e. The number of anilines is 4. The predicted molar refractivity (Wildman–Crippen MR) is 84.4 cm³/mol. The molecule has 0 saturated heterocycles. The summed E-state index contributed by atoms with van der Waals surface area (Å²) in [6.07, 6.45) is 1.34. The Morgan fingerprint density at radius 3 is 2.67 bits per heavy atom. The lowest BCUT2D eigenvalue weighted by Crippen LogP contribution is -2.10. The van der Waals surface area contributed by atoms with Gasteiger partial charge in [0.1, 0.15) is 5.82 Å². The minimum atomic E-state index is -1.07. The lowest BCUT2D eigenvalue weighted by molar-refractivity contribution is 0.0698. The maximum atomic E-state index is 11.1. The van der Waals surface area contributed by atoms with Gasteiger partial charge in [-0.3, -0.25) is 0 Å². The Labute approximate surface area is 123 Å². The van der Waals surface area contributed by atoms with Crippen LogP contribution in [0.5, 0.6) is 0 Å². The van der Waals surface area contributed by atoms with E-state index in [0.29, 0.717) is 5.82 Å². The van der Waals surface area contributed by atoms with Gasteiger partial charge in [0, 0.05) is 25.5 Å². The fraction of sp³-hybridized carbons (Fsp3) is 0.200. The molecular weight excluding hydrogens is 268 g/mol. The molecule has 0 aliphatic carbocycles. The highest BCUT2D eigenvalue weighted by Crippen LogP contribution is 2.25. The summed E-state index contributed by atoms with van der Waals surface area (Å²) in [4.78, 5) is 17.2. The zero-order valence-electron chi connectivity index (χ0n) is 12.2. The van der Waals surface area contributed by atoms with E-state index in [1.54, 1.807) is 0 Å². The highest BCUT2D eigenvalue weighted by Gasteiger charge is 2.10. The summed E-state index contributed by atoms with van der Waals surface area (Å²) in [6.45, 7) is 2.03. The van der Waals surface area contributed by atoms with Crippen molar-refractivity contribution in [1.29, 1.82) is 0 Å². The molecule has 6 heteroatoms. The number of nitrogen functional groups attached to an aromatic ring is 1. The minimum Gasteiger partial charge on any atom is -0.478 e. The highest BCUT2D eigenvalue weighted by atomic mass is 16.4. The quantitative estimate of drug-likeness (QED) is 0.799. The van der Waals surface area contributed by atoms with E-state index in [9.17, 15) is 4.79 Å². The first-order valence-electron chi connectivity index (χ1n) is 6.42. The Bertz CT molecular complexity index is 683. The van der Waals surface area contributed by atoms with Gasteiger partial charge < -0.3 is 21.1 Å². The van der Waals surface area contributed by atoms with Gasteiger partial charge in [-0.05, 0) is 30.7 Å². The van der Waals surface area contributed by atoms with Crippen LogP contribution >= 0.6 is 0 Å². The van der Waals surface area contributed by atoms with Gasteiger partial charge in [0.25, 0.3) is 0 Å². The van der Waals surface area contributed by atoms with E-state index in [0.717, 1.165) is 16.9 Å². The number of carbonyl (C=O) groups is 1. The van der Waals surface area contributed by atoms with Crippen molar-refractivity contribution in [1.82, 2.24) is 4.98 Å². The first-order chi connectivity index (χ1) is 9.88. The van der Waals surface area contributed by atoms with Crippen LogP contribution in [-0.2, 0) is 0 Å². The number of benzene rings is 1. The van der Waals surface area contributed by atoms with E-state index in [1.807, 2.05) is 44.1 Å². The topological polar surface area (TPSA) is 91.5 Å². The summed E-state index contributed by atoms with van der Waals surface area (Å²) < 4.78 is 0. The molecule has 21 heavy (non-hydrogen) atoms. The number of carboxylic acids is 1. The molecule has 0 spiro atoms. The summed E-state index contributed by atoms with van der Waals surface area (Å²) in [5.74, 6) is -0.633. The van der Waals surface area contributed by atoms with E-state index < -0.39 is 5.97 Å². The molecule has 1 heterocycles. The first kappa shape index (κ1) is 14.6. The summed E-state index contributed by atoms with van der Waals surface area (Å²) in [6, 6.07) is 7.31. The standard InChI is InChI=1S/C15H18N4O2/c1-9-4-5-10(6-13(9)19(2)3)18-14-7-11(15(20)21)12(16)8-17-14/h4-8H,16H2,1-3H3,(H,17,18)(H,20,21). The molecule has 0 unspecified atom stereocenters. The highest BCUT2D eigenvalue weighted by molar-refractivity contribution is 5.94. The van der Waals surface area contributed by atoms with Crippen LogP contribution in [0.4, 0.5) is 22.9 Å². The third-order valence-corrected chi connectivity index (χ3v) is 3.13. The Morgan fingerprint density at radius 1 is 1.33 bits per heavy atom. The van der Waals surface area contributed by atoms with Crippen molar-refractivity contribution in [3.05, 3.63) is 41.6 Å². The van der Waals surface area contributed by atoms with Gasteiger partial charge in [0.15, 0.2) is 0 Å². The number of aryl methyl sites for hydroxylation is 1. The molecule has 4 N–H and O–H groups in total. The van der Waals surface area contributed by atoms with Crippen LogP contribution in [0.1, 0.15) is 15.9 Å². The van der Waals surface area contributed by atoms with Crippen molar-refractivity contribution >= 4 is 28.8 Å². The van der Waals surface area contributed by atoms with Crippen LogP contribution in [0.2, 0.25) is 0 Å². The first-order valence-corrected chi connectivity index (χ1v) is 6.42. The van der Waals surface area contributed by atoms with Gasteiger partial charge in [-0.25, -0.2) is 9.78 Å². The van der Waals surface area contributed by atoms with Crippen LogP contribution in [0.3, 0.4) is 0 Å². The largest absolute Gasteiger partial charge is 0.478 e. The molecule has 0 bridgehead atoms. The second-order valence-corrected chi connectivity index (χ2v) is 4.98. The van der Waals surface area contributed by atoms with Gasteiger partial charge in [-0.1, -0.05) is 6.07 Å². The Kier molecular flexibility index (Phi) is 3.98. The molecule has 1 aromatic carbocycles. The van der Waals surface area contributed by atoms with E-state index in [2.05, 4.69) is 10.3 Å². The van der Waals surface area contributed by atoms with Crippen molar-refractivity contribution in [2.24, 2.45) is 0 Å². The SMILES string of the molecule is Cc1ccc(Nc2cc(C(=O)O)c(N)cn2)cc1N(C)C. The third-order valence-electron chi connectivity index (χ3n) is 3.13. The lowest BCUT2D eigenvalue weighted by Gasteiger charge is -2.17. The molecule has 0 saturated carbocycles. The fourth-order valence-electron chi connectivity index (χ4n) is 2.04. The van der Waals surface area contributed by atoms with Gasteiger partial charge in [-0.15, -0.1) is 0 Å². The predicted octanol–water partition coefficient (Wildman–Crippen LogP) is 2.48. The third kappa shape index (κ3) is 3.22. The zero-order valence-corrected chi connectivity index (χ0v) is 12.2. The molecule has 0 atom stereocenters. The summed E-state index contributed by atoms with van der Waals surface area (Å²) >= 11 is 0. The molecule has 0 fully saturated rings. The van der Waals surface area contributed by atoms with Gasteiger partial charge in [0.2, 0.25) is 0 Å². The van der Waals surface area contributed by atoms with Crippen LogP contribution < -0.4 is 16.0 Å². The van der Waals surface area contributed by atoms with Gasteiger partial charge in [-0.2, -0.15) is 0 Å². The second kappa shape index (κ2) is 5.70. The Morgan fingerprint density at radius 2 is 2.05 bits per heavy atom. The number of pyridine rings is 1. The summed E-state index contributed by atoms with van der Waals surface area (Å²) in [5, 5.41) is 12.2. The van der Waals surface area contributed by atoms with Gasteiger partial charge >= 0.3 is 5.97 Å². The Balaban J connectivity index is 2.32. The number of aromatic nitrogens is 1. The monoisotopic (exact) mass is 286 g/mol. The molecule has 0 aliphatic rings. The number of nitrogens with zero attached hydrogens (tertiary/aromatic N) is 2. The minimum absolute atomic E-state index is 0.0347. The number of aromatic carboxylic acids is 1. The molecule has 1 aromatic heterocycles. The molecule has 110 valence electrons. The van der Waals surface area contributed by atoms with E-state index >= 15 is 0 Å². The van der Waals surface area contributed by atoms with Crippen molar-refractivity contribution < 1.29 is 9.90 Å². The molecule has 2 rings (SSSR count). The normalized spacial score (nSPS) is 10.2. The summed E-state index contributed by atoms with van der Waals surface area (Å²) in [7, 11) is 3.94. The zero-order chi connectivity index (χ0) is 15.6. The number of nitrogens with one attached hydrogen (secondary N) is 1. The van der Waals surface area contributed by atoms with Crippen molar-refractivity contribution in [2.75, 3.05) is 30.0 Å². The van der Waals surface area contributed by atoms with E-state index in [-0.39, 0.29) is 11.3 Å². The number of hydrogen-bond acceptors (Lipinski definition) is 5. The lowest BCUT2D eigenvalue weighted by atomic mass is 10.1. The van der Waals surface area contributed by atoms with Crippen LogP contribution in [0.25, 0.3) is 0 Å². The van der Waals surface area contributed by atoms with Crippen molar-refractivity contribution in [2.45, 2.75) is 6.92 Å². The molecule has 0 amide bonds. The molecular formula is C15H18N4O2. The number of rotatable bonds is 4. The molecule has 0 radical (unpaired) electrons. The molecule has 2 aromatic rings. The number of hydrogen-bond donors (Lipinski definition) is 3. The molecule has 6 nitrogen and oxygen atoms in total. The summed E-state index contributed by atoms with van der Waals surface area (Å²) in [5.41, 5.74) is 8.83. The van der Waals surface area contributed by atoms with Crippen LogP contribution in [-0.4, -0.2) is 30.2 Å². The molecule has 0 aliphatic heterocycles. The maximum absolute atomic E-state index is 11.1. The maximum Gasteiger partial charge on any atom is 0.337 e. The fourth-order valence-corrected chi connectivity index (χ4v) is 2.04. The van der Waals surface area contributed by atoms with Crippen molar-refractivity contribution in [3.8, 4) is 0 Å². The van der Waals surface area contributed by atoms with E-state index in [1.165, 1.54) is 12.3 Å². The second-order valence-electron chi connectivity index (χ2n) is 4.98. The van der Waals surface area contributed by atoms with Crippen molar-refractivity contribution in [3.63, 3.8) is 0 Å². The van der Waals surface area contributed by atoms with Crippen LogP contribution in [0.15, 0.2) is 30.5 Å². The van der Waals surface area contributed by atoms with E-state index in [4.69, 9.17) is 10.8 Å². The Hall–Kier alpha value is -2.76.